The number of fused-ring (bicyclic) bond motifs is 4. The van der Waals surface area contributed by atoms with Gasteiger partial charge in [0.15, 0.2) is 0 Å². The van der Waals surface area contributed by atoms with Crippen molar-refractivity contribution in [2.24, 2.45) is 0 Å². The van der Waals surface area contributed by atoms with Crippen LogP contribution >= 0.6 is 23.6 Å². The first-order chi connectivity index (χ1) is 16.6. The molecule has 3 aromatic heterocycles. The van der Waals surface area contributed by atoms with E-state index in [0.717, 1.165) is 43.4 Å². The SMILES string of the molecule is CCCn1c(=O)c2ccccc2n2c(=S)n(CN3CCC(c4nc5ccccc5s4)CC3)nc12. The van der Waals surface area contributed by atoms with Crippen LogP contribution < -0.4 is 5.56 Å². The number of para-hydroxylation sites is 2. The molecule has 4 heterocycles. The first kappa shape index (κ1) is 21.6. The van der Waals surface area contributed by atoms with E-state index in [4.69, 9.17) is 22.3 Å². The van der Waals surface area contributed by atoms with Gasteiger partial charge in [-0.2, -0.15) is 0 Å². The van der Waals surface area contributed by atoms with E-state index in [1.807, 2.05) is 44.7 Å². The Kier molecular flexibility index (Phi) is 5.55. The van der Waals surface area contributed by atoms with E-state index in [1.54, 1.807) is 4.57 Å². The fraction of sp³-hybridized carbons (Fsp3) is 0.360. The lowest BCUT2D eigenvalue weighted by molar-refractivity contribution is 0.160. The van der Waals surface area contributed by atoms with Crippen LogP contribution in [0.5, 0.6) is 0 Å². The summed E-state index contributed by atoms with van der Waals surface area (Å²) in [5.74, 6) is 1.13. The molecule has 1 saturated heterocycles. The van der Waals surface area contributed by atoms with Crippen molar-refractivity contribution in [2.45, 2.75) is 45.3 Å². The third kappa shape index (κ3) is 3.59. The molecule has 1 aliphatic heterocycles. The van der Waals surface area contributed by atoms with Gasteiger partial charge in [-0.1, -0.05) is 31.2 Å². The van der Waals surface area contributed by atoms with E-state index < -0.39 is 0 Å². The molecule has 7 nitrogen and oxygen atoms in total. The van der Waals surface area contributed by atoms with Crippen LogP contribution in [0.15, 0.2) is 53.3 Å². The first-order valence-electron chi connectivity index (χ1n) is 11.8. The van der Waals surface area contributed by atoms with Gasteiger partial charge in [-0.25, -0.2) is 9.67 Å². The molecule has 9 heteroatoms. The van der Waals surface area contributed by atoms with Gasteiger partial charge < -0.3 is 0 Å². The number of hydrogen-bond acceptors (Lipinski definition) is 6. The molecular formula is C25H26N6OS2. The fourth-order valence-electron chi connectivity index (χ4n) is 4.96. The zero-order valence-electron chi connectivity index (χ0n) is 19.1. The number of nitrogens with zero attached hydrogens (tertiary/aromatic N) is 6. The Morgan fingerprint density at radius 3 is 2.65 bits per heavy atom. The minimum absolute atomic E-state index is 0.00579. The predicted octanol–water partition coefficient (Wildman–Crippen LogP) is 5.04. The summed E-state index contributed by atoms with van der Waals surface area (Å²) in [5, 5.41) is 6.76. The molecule has 174 valence electrons. The minimum atomic E-state index is -0.00579. The van der Waals surface area contributed by atoms with E-state index in [2.05, 4.69) is 36.1 Å². The summed E-state index contributed by atoms with van der Waals surface area (Å²) in [6.07, 6.45) is 3.00. The van der Waals surface area contributed by atoms with Crippen molar-refractivity contribution in [1.29, 1.82) is 0 Å². The highest BCUT2D eigenvalue weighted by Crippen LogP contribution is 2.33. The normalized spacial score (nSPS) is 15.7. The van der Waals surface area contributed by atoms with Gasteiger partial charge in [-0.3, -0.25) is 18.7 Å². The highest BCUT2D eigenvalue weighted by Gasteiger charge is 2.24. The van der Waals surface area contributed by atoms with Crippen LogP contribution in [0.3, 0.4) is 0 Å². The number of aromatic nitrogens is 5. The van der Waals surface area contributed by atoms with Crippen molar-refractivity contribution in [2.75, 3.05) is 13.1 Å². The van der Waals surface area contributed by atoms with E-state index in [-0.39, 0.29) is 5.56 Å². The standard InChI is InChI=1S/C25H26N6OS2/c1-2-13-29-23(32)18-7-3-5-9-20(18)31-24(29)27-30(25(31)33)16-28-14-11-17(12-15-28)22-26-19-8-4-6-10-21(19)34-22/h3-10,17H,2,11-16H2,1H3. The molecule has 5 aromatic rings. The Morgan fingerprint density at radius 1 is 1.09 bits per heavy atom. The fourth-order valence-corrected chi connectivity index (χ4v) is 6.38. The largest absolute Gasteiger partial charge is 0.284 e. The molecule has 0 N–H and O–H groups in total. The number of benzene rings is 2. The zero-order chi connectivity index (χ0) is 23.2. The Bertz CT molecular complexity index is 1590. The van der Waals surface area contributed by atoms with Crippen molar-refractivity contribution < 1.29 is 0 Å². The predicted molar refractivity (Wildman–Crippen MR) is 139 cm³/mol. The molecule has 0 unspecified atom stereocenters. The zero-order valence-corrected chi connectivity index (χ0v) is 20.7. The van der Waals surface area contributed by atoms with Crippen molar-refractivity contribution >= 4 is 50.5 Å². The summed E-state index contributed by atoms with van der Waals surface area (Å²) >= 11 is 7.68. The lowest BCUT2D eigenvalue weighted by atomic mass is 9.98. The number of rotatable bonds is 5. The maximum Gasteiger partial charge on any atom is 0.262 e. The number of hydrogen-bond donors (Lipinski definition) is 0. The number of thiazole rings is 1. The average Bonchev–Trinajstić information content (AvgIpc) is 3.44. The number of likely N-dealkylation sites (tertiary alicyclic amines) is 1. The monoisotopic (exact) mass is 490 g/mol. The smallest absolute Gasteiger partial charge is 0.262 e. The second kappa shape index (κ2) is 8.72. The van der Waals surface area contributed by atoms with E-state index >= 15 is 0 Å². The summed E-state index contributed by atoms with van der Waals surface area (Å²) in [6, 6.07) is 16.0. The highest BCUT2D eigenvalue weighted by molar-refractivity contribution is 7.71. The van der Waals surface area contributed by atoms with Crippen LogP contribution in [0, 0.1) is 4.77 Å². The van der Waals surface area contributed by atoms with Crippen molar-refractivity contribution in [3.8, 4) is 0 Å². The quantitative estimate of drug-likeness (QED) is 0.323. The Morgan fingerprint density at radius 2 is 1.85 bits per heavy atom. The molecule has 0 atom stereocenters. The molecule has 0 aliphatic carbocycles. The molecule has 34 heavy (non-hydrogen) atoms. The Labute approximate surface area is 205 Å². The van der Waals surface area contributed by atoms with Crippen LogP contribution in [0.2, 0.25) is 0 Å². The van der Waals surface area contributed by atoms with E-state index in [1.165, 1.54) is 9.71 Å². The van der Waals surface area contributed by atoms with Crippen LogP contribution in [0.25, 0.3) is 26.9 Å². The highest BCUT2D eigenvalue weighted by atomic mass is 32.1. The van der Waals surface area contributed by atoms with Crippen LogP contribution in [-0.2, 0) is 13.2 Å². The molecule has 0 radical (unpaired) electrons. The lowest BCUT2D eigenvalue weighted by Crippen LogP contribution is -2.34. The second-order valence-corrected chi connectivity index (χ2v) is 10.4. The molecule has 1 fully saturated rings. The van der Waals surface area contributed by atoms with Gasteiger partial charge in [0, 0.05) is 25.6 Å². The van der Waals surface area contributed by atoms with Gasteiger partial charge in [0.1, 0.15) is 0 Å². The van der Waals surface area contributed by atoms with E-state index in [0.29, 0.717) is 35.1 Å². The van der Waals surface area contributed by atoms with Gasteiger partial charge >= 0.3 is 0 Å². The van der Waals surface area contributed by atoms with Gasteiger partial charge in [0.25, 0.3) is 5.56 Å². The summed E-state index contributed by atoms with van der Waals surface area (Å²) in [5.41, 5.74) is 1.92. The molecule has 1 aliphatic rings. The number of aryl methyl sites for hydroxylation is 1. The lowest BCUT2D eigenvalue weighted by Gasteiger charge is -2.30. The molecule has 0 bridgehead atoms. The Balaban J connectivity index is 1.28. The molecule has 0 spiro atoms. The van der Waals surface area contributed by atoms with Crippen molar-refractivity contribution in [1.82, 2.24) is 28.6 Å². The first-order valence-corrected chi connectivity index (χ1v) is 13.1. The molecule has 0 saturated carbocycles. The van der Waals surface area contributed by atoms with Gasteiger partial charge in [0.2, 0.25) is 10.5 Å². The second-order valence-electron chi connectivity index (χ2n) is 8.95. The van der Waals surface area contributed by atoms with Gasteiger partial charge in [0.05, 0.1) is 32.8 Å². The molecular weight excluding hydrogens is 464 g/mol. The maximum atomic E-state index is 13.1. The number of piperidine rings is 1. The Hall–Kier alpha value is -2.88. The summed E-state index contributed by atoms with van der Waals surface area (Å²) in [6.45, 7) is 5.26. The summed E-state index contributed by atoms with van der Waals surface area (Å²) in [7, 11) is 0. The molecule has 6 rings (SSSR count). The van der Waals surface area contributed by atoms with Crippen LogP contribution in [-0.4, -0.2) is 41.7 Å². The minimum Gasteiger partial charge on any atom is -0.284 e. The van der Waals surface area contributed by atoms with Gasteiger partial charge in [-0.05, 0) is 55.7 Å². The van der Waals surface area contributed by atoms with E-state index in [9.17, 15) is 4.79 Å². The van der Waals surface area contributed by atoms with Crippen LogP contribution in [0.4, 0.5) is 0 Å². The molecule has 0 amide bonds. The maximum absolute atomic E-state index is 13.1. The van der Waals surface area contributed by atoms with Gasteiger partial charge in [-0.15, -0.1) is 16.4 Å². The topological polar surface area (TPSA) is 60.4 Å². The summed E-state index contributed by atoms with van der Waals surface area (Å²) in [4.78, 5) is 20.4. The van der Waals surface area contributed by atoms with Crippen molar-refractivity contribution in [3.63, 3.8) is 0 Å². The third-order valence-corrected chi connectivity index (χ3v) is 8.30. The summed E-state index contributed by atoms with van der Waals surface area (Å²) < 4.78 is 7.48. The van der Waals surface area contributed by atoms with Crippen molar-refractivity contribution in [3.05, 3.63) is 68.7 Å². The average molecular weight is 491 g/mol. The molecule has 2 aromatic carbocycles. The third-order valence-electron chi connectivity index (χ3n) is 6.71. The van der Waals surface area contributed by atoms with Crippen LogP contribution in [0.1, 0.15) is 37.1 Å².